The average molecular weight is 418 g/mol. The molecular formula is C20H21F3N6O. The van der Waals surface area contributed by atoms with E-state index in [1.165, 1.54) is 0 Å². The van der Waals surface area contributed by atoms with Crippen molar-refractivity contribution >= 4 is 22.9 Å². The van der Waals surface area contributed by atoms with E-state index in [-0.39, 0.29) is 30.4 Å². The van der Waals surface area contributed by atoms with Gasteiger partial charge in [0, 0.05) is 38.6 Å². The SMILES string of the molecule is O=C(NCCn1c(C(F)(F)F)nc2ccccc21)[C@@H]1CCCN(c2ncccn2)C1. The second-order valence-corrected chi connectivity index (χ2v) is 7.20. The van der Waals surface area contributed by atoms with Crippen LogP contribution in [0.15, 0.2) is 42.7 Å². The fraction of sp³-hybridized carbons (Fsp3) is 0.400. The maximum absolute atomic E-state index is 13.4. The van der Waals surface area contributed by atoms with Crippen molar-refractivity contribution in [3.05, 3.63) is 48.5 Å². The molecule has 2 aromatic heterocycles. The van der Waals surface area contributed by atoms with Gasteiger partial charge in [0.05, 0.1) is 17.0 Å². The molecule has 1 N–H and O–H groups in total. The van der Waals surface area contributed by atoms with Crippen LogP contribution in [0.4, 0.5) is 19.1 Å². The minimum Gasteiger partial charge on any atom is -0.354 e. The number of nitrogens with zero attached hydrogens (tertiary/aromatic N) is 5. The summed E-state index contributed by atoms with van der Waals surface area (Å²) >= 11 is 0. The largest absolute Gasteiger partial charge is 0.449 e. The first-order chi connectivity index (χ1) is 14.4. The quantitative estimate of drug-likeness (QED) is 0.690. The van der Waals surface area contributed by atoms with Crippen molar-refractivity contribution in [1.82, 2.24) is 24.8 Å². The smallest absolute Gasteiger partial charge is 0.354 e. The lowest BCUT2D eigenvalue weighted by Gasteiger charge is -2.31. The van der Waals surface area contributed by atoms with Crippen molar-refractivity contribution in [2.45, 2.75) is 25.6 Å². The van der Waals surface area contributed by atoms with Crippen LogP contribution in [0.5, 0.6) is 0 Å². The predicted molar refractivity (Wildman–Crippen MR) is 105 cm³/mol. The number of carbonyl (C=O) groups is 1. The highest BCUT2D eigenvalue weighted by molar-refractivity contribution is 5.79. The minimum atomic E-state index is -4.57. The molecule has 30 heavy (non-hydrogen) atoms. The lowest BCUT2D eigenvalue weighted by molar-refractivity contribution is -0.146. The molecule has 0 saturated carbocycles. The van der Waals surface area contributed by atoms with E-state index >= 15 is 0 Å². The first kappa shape index (κ1) is 20.1. The number of halogens is 3. The van der Waals surface area contributed by atoms with E-state index < -0.39 is 12.0 Å². The van der Waals surface area contributed by atoms with Gasteiger partial charge in [-0.15, -0.1) is 0 Å². The van der Waals surface area contributed by atoms with Crippen LogP contribution in [-0.2, 0) is 17.5 Å². The molecule has 0 aliphatic carbocycles. The monoisotopic (exact) mass is 418 g/mol. The highest BCUT2D eigenvalue weighted by Gasteiger charge is 2.37. The van der Waals surface area contributed by atoms with Crippen LogP contribution < -0.4 is 10.2 Å². The molecule has 1 fully saturated rings. The van der Waals surface area contributed by atoms with Crippen molar-refractivity contribution in [3.8, 4) is 0 Å². The van der Waals surface area contributed by atoms with Gasteiger partial charge in [-0.2, -0.15) is 13.2 Å². The number of fused-ring (bicyclic) bond motifs is 1. The first-order valence-corrected chi connectivity index (χ1v) is 9.75. The van der Waals surface area contributed by atoms with E-state index in [1.807, 2.05) is 4.90 Å². The third-order valence-electron chi connectivity index (χ3n) is 5.17. The van der Waals surface area contributed by atoms with Crippen LogP contribution >= 0.6 is 0 Å². The zero-order chi connectivity index (χ0) is 21.1. The molecule has 4 rings (SSSR count). The van der Waals surface area contributed by atoms with Gasteiger partial charge in [-0.25, -0.2) is 15.0 Å². The molecule has 10 heteroatoms. The summed E-state index contributed by atoms with van der Waals surface area (Å²) < 4.78 is 41.3. The summed E-state index contributed by atoms with van der Waals surface area (Å²) in [5, 5.41) is 2.78. The summed E-state index contributed by atoms with van der Waals surface area (Å²) in [6, 6.07) is 8.18. The number of para-hydroxylation sites is 2. The topological polar surface area (TPSA) is 75.9 Å². The van der Waals surface area contributed by atoms with Crippen molar-refractivity contribution in [1.29, 1.82) is 0 Å². The van der Waals surface area contributed by atoms with Gasteiger partial charge < -0.3 is 14.8 Å². The molecule has 1 atom stereocenters. The van der Waals surface area contributed by atoms with Gasteiger partial charge in [-0.05, 0) is 31.0 Å². The lowest BCUT2D eigenvalue weighted by atomic mass is 9.97. The van der Waals surface area contributed by atoms with Crippen LogP contribution in [0.2, 0.25) is 0 Å². The van der Waals surface area contributed by atoms with E-state index in [2.05, 4.69) is 20.3 Å². The van der Waals surface area contributed by atoms with E-state index in [9.17, 15) is 18.0 Å². The maximum atomic E-state index is 13.4. The van der Waals surface area contributed by atoms with Crippen LogP contribution in [0.1, 0.15) is 18.7 Å². The van der Waals surface area contributed by atoms with Gasteiger partial charge in [0.15, 0.2) is 0 Å². The number of rotatable bonds is 5. The van der Waals surface area contributed by atoms with Gasteiger partial charge in [-0.1, -0.05) is 12.1 Å². The van der Waals surface area contributed by atoms with Crippen LogP contribution in [0.3, 0.4) is 0 Å². The van der Waals surface area contributed by atoms with E-state index in [0.29, 0.717) is 18.0 Å². The summed E-state index contributed by atoms with van der Waals surface area (Å²) in [5.41, 5.74) is 0.672. The Morgan fingerprint density at radius 3 is 2.70 bits per heavy atom. The summed E-state index contributed by atoms with van der Waals surface area (Å²) in [6.07, 6.45) is 0.277. The molecule has 1 aliphatic rings. The molecule has 0 radical (unpaired) electrons. The van der Waals surface area contributed by atoms with Crippen molar-refractivity contribution in [3.63, 3.8) is 0 Å². The van der Waals surface area contributed by atoms with Crippen molar-refractivity contribution in [2.24, 2.45) is 5.92 Å². The highest BCUT2D eigenvalue weighted by atomic mass is 19.4. The Balaban J connectivity index is 1.40. The summed E-state index contributed by atoms with van der Waals surface area (Å²) in [4.78, 5) is 26.7. The average Bonchev–Trinajstić information content (AvgIpc) is 3.14. The van der Waals surface area contributed by atoms with E-state index in [4.69, 9.17) is 0 Å². The number of piperidine rings is 1. The van der Waals surface area contributed by atoms with Crippen LogP contribution in [-0.4, -0.2) is 45.1 Å². The fourth-order valence-corrected chi connectivity index (χ4v) is 3.78. The number of carbonyl (C=O) groups excluding carboxylic acids is 1. The zero-order valence-electron chi connectivity index (χ0n) is 16.1. The van der Waals surface area contributed by atoms with Gasteiger partial charge in [0.25, 0.3) is 0 Å². The number of imidazole rings is 1. The lowest BCUT2D eigenvalue weighted by Crippen LogP contribution is -2.44. The molecule has 0 unspecified atom stereocenters. The standard InChI is InChI=1S/C20H21F3N6O/c21-20(22,23)18-27-15-6-1-2-7-16(15)29(18)12-10-24-17(30)14-5-3-11-28(13-14)19-25-8-4-9-26-19/h1-2,4,6-9,14H,3,5,10-13H2,(H,24,30)/t14-/m1/s1. The van der Waals surface area contributed by atoms with Crippen molar-refractivity contribution < 1.29 is 18.0 Å². The third kappa shape index (κ3) is 4.22. The maximum Gasteiger partial charge on any atom is 0.449 e. The normalized spacial score (nSPS) is 17.3. The Morgan fingerprint density at radius 2 is 1.93 bits per heavy atom. The van der Waals surface area contributed by atoms with E-state index in [1.54, 1.807) is 42.7 Å². The Morgan fingerprint density at radius 1 is 1.17 bits per heavy atom. The number of hydrogen-bond donors (Lipinski definition) is 1. The molecule has 1 aromatic carbocycles. The molecule has 3 heterocycles. The summed E-state index contributed by atoms with van der Waals surface area (Å²) in [6.45, 7) is 1.32. The van der Waals surface area contributed by atoms with Gasteiger partial charge in [0.1, 0.15) is 0 Å². The molecule has 0 bridgehead atoms. The number of alkyl halides is 3. The number of anilines is 1. The molecule has 0 spiro atoms. The molecule has 1 saturated heterocycles. The fourth-order valence-electron chi connectivity index (χ4n) is 3.78. The van der Waals surface area contributed by atoms with Crippen LogP contribution in [0, 0.1) is 5.92 Å². The molecule has 158 valence electrons. The summed E-state index contributed by atoms with van der Waals surface area (Å²) in [7, 11) is 0. The number of nitrogens with one attached hydrogen (secondary N) is 1. The Bertz CT molecular complexity index is 1020. The van der Waals surface area contributed by atoms with Crippen LogP contribution in [0.25, 0.3) is 11.0 Å². The molecule has 1 aliphatic heterocycles. The zero-order valence-corrected chi connectivity index (χ0v) is 16.1. The Hall–Kier alpha value is -3.17. The minimum absolute atomic E-state index is 0.0146. The molecular weight excluding hydrogens is 397 g/mol. The number of aromatic nitrogens is 4. The van der Waals surface area contributed by atoms with Gasteiger partial charge in [-0.3, -0.25) is 4.79 Å². The second kappa shape index (κ2) is 8.29. The van der Waals surface area contributed by atoms with E-state index in [0.717, 1.165) is 24.0 Å². The predicted octanol–water partition coefficient (Wildman–Crippen LogP) is 2.88. The first-order valence-electron chi connectivity index (χ1n) is 9.75. The third-order valence-corrected chi connectivity index (χ3v) is 5.17. The second-order valence-electron chi connectivity index (χ2n) is 7.20. The van der Waals surface area contributed by atoms with Crippen molar-refractivity contribution in [2.75, 3.05) is 24.5 Å². The number of amides is 1. The Labute approximate surface area is 170 Å². The van der Waals surface area contributed by atoms with Gasteiger partial charge >= 0.3 is 6.18 Å². The Kier molecular flexibility index (Phi) is 5.56. The van der Waals surface area contributed by atoms with Gasteiger partial charge in [0.2, 0.25) is 17.7 Å². The molecule has 7 nitrogen and oxygen atoms in total. The summed E-state index contributed by atoms with van der Waals surface area (Å²) in [5.74, 6) is -0.810. The number of benzene rings is 1. The number of hydrogen-bond acceptors (Lipinski definition) is 5. The molecule has 1 amide bonds. The molecule has 3 aromatic rings. The highest BCUT2D eigenvalue weighted by Crippen LogP contribution is 2.31.